The van der Waals surface area contributed by atoms with Crippen molar-refractivity contribution in [2.45, 2.75) is 70.2 Å². The molecule has 138 valence electrons. The lowest BCUT2D eigenvalue weighted by atomic mass is 9.86. The highest BCUT2D eigenvalue weighted by Gasteiger charge is 2.31. The van der Waals surface area contributed by atoms with Crippen LogP contribution in [0.4, 0.5) is 11.4 Å². The number of anilines is 2. The Morgan fingerprint density at radius 3 is 2.12 bits per heavy atom. The van der Waals surface area contributed by atoms with Crippen LogP contribution in [0.5, 0.6) is 0 Å². The first-order valence-electron chi connectivity index (χ1n) is 8.89. The molecular weight excluding hydrogens is 316 g/mol. The number of benzene rings is 1. The van der Waals surface area contributed by atoms with Gasteiger partial charge >= 0.3 is 0 Å². The van der Waals surface area contributed by atoms with Crippen LogP contribution in [0.25, 0.3) is 0 Å². The molecule has 0 aliphatic carbocycles. The SMILES string of the molecule is CCC(C)(CC)N(NC)c1cc(C(C)(C)C)cc(N)c1SCCN. The predicted molar refractivity (Wildman–Crippen MR) is 110 cm³/mol. The Labute approximate surface area is 152 Å². The van der Waals surface area contributed by atoms with Crippen molar-refractivity contribution in [2.75, 3.05) is 30.1 Å². The molecule has 0 radical (unpaired) electrons. The Hall–Kier alpha value is -0.910. The maximum atomic E-state index is 6.46. The molecule has 1 rings (SSSR count). The average Bonchev–Trinajstić information content (AvgIpc) is 2.53. The fourth-order valence-electron chi connectivity index (χ4n) is 2.80. The second-order valence-corrected chi connectivity index (χ2v) is 8.67. The maximum absolute atomic E-state index is 6.46. The minimum absolute atomic E-state index is 0.0235. The molecule has 0 saturated carbocycles. The van der Waals surface area contributed by atoms with Crippen LogP contribution in [0.15, 0.2) is 17.0 Å². The highest BCUT2D eigenvalue weighted by atomic mass is 32.2. The second-order valence-electron chi connectivity index (χ2n) is 7.56. The van der Waals surface area contributed by atoms with Gasteiger partial charge in [-0.2, -0.15) is 0 Å². The summed E-state index contributed by atoms with van der Waals surface area (Å²) in [6.45, 7) is 14.1. The van der Waals surface area contributed by atoms with Crippen molar-refractivity contribution in [2.24, 2.45) is 5.73 Å². The largest absolute Gasteiger partial charge is 0.398 e. The molecule has 0 unspecified atom stereocenters. The summed E-state index contributed by atoms with van der Waals surface area (Å²) in [5.74, 6) is 0.860. The Bertz CT molecular complexity index is 533. The van der Waals surface area contributed by atoms with Crippen molar-refractivity contribution in [1.82, 2.24) is 5.43 Å². The van der Waals surface area contributed by atoms with E-state index < -0.39 is 0 Å². The van der Waals surface area contributed by atoms with Crippen molar-refractivity contribution in [3.05, 3.63) is 17.7 Å². The average molecular weight is 353 g/mol. The topological polar surface area (TPSA) is 67.3 Å². The lowest BCUT2D eigenvalue weighted by molar-refractivity contribution is 0.364. The molecule has 24 heavy (non-hydrogen) atoms. The number of nitrogens with zero attached hydrogens (tertiary/aromatic N) is 1. The molecule has 0 amide bonds. The third kappa shape index (κ3) is 4.58. The lowest BCUT2D eigenvalue weighted by Crippen LogP contribution is -2.52. The first-order chi connectivity index (χ1) is 11.1. The van der Waals surface area contributed by atoms with Crippen LogP contribution in [0.2, 0.25) is 0 Å². The quantitative estimate of drug-likeness (QED) is 0.373. The van der Waals surface area contributed by atoms with E-state index in [0.717, 1.165) is 34.9 Å². The van der Waals surface area contributed by atoms with Crippen LogP contribution in [0.1, 0.15) is 59.9 Å². The molecule has 5 N–H and O–H groups in total. The fraction of sp³-hybridized carbons (Fsp3) is 0.684. The maximum Gasteiger partial charge on any atom is 0.0685 e. The minimum atomic E-state index is 0.0235. The normalized spacial score (nSPS) is 12.5. The van der Waals surface area contributed by atoms with Gasteiger partial charge in [0.2, 0.25) is 0 Å². The molecule has 1 aromatic carbocycles. The molecule has 0 fully saturated rings. The Morgan fingerprint density at radius 2 is 1.71 bits per heavy atom. The van der Waals surface area contributed by atoms with Crippen molar-refractivity contribution < 1.29 is 0 Å². The third-order valence-electron chi connectivity index (χ3n) is 4.86. The Kier molecular flexibility index (Phi) is 7.44. The van der Waals surface area contributed by atoms with E-state index in [4.69, 9.17) is 11.5 Å². The zero-order chi connectivity index (χ0) is 18.5. The van der Waals surface area contributed by atoms with E-state index in [2.05, 4.69) is 64.1 Å². The van der Waals surface area contributed by atoms with E-state index in [9.17, 15) is 0 Å². The van der Waals surface area contributed by atoms with Gasteiger partial charge in [-0.15, -0.1) is 11.8 Å². The summed E-state index contributed by atoms with van der Waals surface area (Å²) in [5.41, 5.74) is 18.9. The van der Waals surface area contributed by atoms with Gasteiger partial charge < -0.3 is 16.5 Å². The number of rotatable bonds is 8. The summed E-state index contributed by atoms with van der Waals surface area (Å²) in [7, 11) is 1.99. The molecule has 0 aromatic heterocycles. The molecule has 1 aromatic rings. The van der Waals surface area contributed by atoms with Gasteiger partial charge in [-0.25, -0.2) is 5.43 Å². The van der Waals surface area contributed by atoms with E-state index in [1.807, 2.05) is 7.05 Å². The molecule has 0 heterocycles. The van der Waals surface area contributed by atoms with E-state index >= 15 is 0 Å². The van der Waals surface area contributed by atoms with Crippen molar-refractivity contribution in [3.63, 3.8) is 0 Å². The van der Waals surface area contributed by atoms with Crippen LogP contribution in [0, 0.1) is 0 Å². The predicted octanol–water partition coefficient (Wildman–Crippen LogP) is 4.14. The first kappa shape index (κ1) is 21.1. The molecule has 0 atom stereocenters. The number of hydrazine groups is 1. The van der Waals surface area contributed by atoms with Gasteiger partial charge in [0.1, 0.15) is 0 Å². The molecule has 0 spiro atoms. The number of hydrogen-bond acceptors (Lipinski definition) is 5. The van der Waals surface area contributed by atoms with Crippen molar-refractivity contribution in [1.29, 1.82) is 0 Å². The summed E-state index contributed by atoms with van der Waals surface area (Å²) < 4.78 is 0. The molecule has 4 nitrogen and oxygen atoms in total. The van der Waals surface area contributed by atoms with Gasteiger partial charge in [-0.1, -0.05) is 34.6 Å². The van der Waals surface area contributed by atoms with E-state index in [0.29, 0.717) is 6.54 Å². The number of nitrogen functional groups attached to an aromatic ring is 1. The first-order valence-corrected chi connectivity index (χ1v) is 9.87. The third-order valence-corrected chi connectivity index (χ3v) is 6.03. The number of nitrogens with one attached hydrogen (secondary N) is 1. The molecule has 0 aliphatic rings. The van der Waals surface area contributed by atoms with Gasteiger partial charge in [0.15, 0.2) is 0 Å². The summed E-state index contributed by atoms with van der Waals surface area (Å²) >= 11 is 1.74. The number of thioether (sulfide) groups is 1. The zero-order valence-corrected chi connectivity index (χ0v) is 17.3. The Morgan fingerprint density at radius 1 is 1.12 bits per heavy atom. The highest BCUT2D eigenvalue weighted by molar-refractivity contribution is 7.99. The second kappa shape index (κ2) is 8.45. The minimum Gasteiger partial charge on any atom is -0.398 e. The van der Waals surface area contributed by atoms with Gasteiger partial charge in [0, 0.05) is 25.0 Å². The van der Waals surface area contributed by atoms with Gasteiger partial charge in [-0.3, -0.25) is 0 Å². The Balaban J connectivity index is 3.57. The van der Waals surface area contributed by atoms with Crippen molar-refractivity contribution >= 4 is 23.1 Å². The van der Waals surface area contributed by atoms with Crippen LogP contribution >= 0.6 is 11.8 Å². The summed E-state index contributed by atoms with van der Waals surface area (Å²) in [6, 6.07) is 4.40. The monoisotopic (exact) mass is 352 g/mol. The smallest absolute Gasteiger partial charge is 0.0685 e. The summed E-state index contributed by atoms with van der Waals surface area (Å²) in [4.78, 5) is 1.12. The van der Waals surface area contributed by atoms with Gasteiger partial charge in [0.05, 0.1) is 16.1 Å². The van der Waals surface area contributed by atoms with E-state index in [-0.39, 0.29) is 11.0 Å². The van der Waals surface area contributed by atoms with Gasteiger partial charge in [0.25, 0.3) is 0 Å². The highest BCUT2D eigenvalue weighted by Crippen LogP contribution is 2.41. The molecule has 0 saturated heterocycles. The zero-order valence-electron chi connectivity index (χ0n) is 16.5. The number of nitrogens with two attached hydrogens (primary N) is 2. The van der Waals surface area contributed by atoms with Gasteiger partial charge in [-0.05, 0) is 42.9 Å². The molecule has 0 bridgehead atoms. The standard InChI is InChI=1S/C19H36N4S/c1-8-19(6,9-2)23(22-7)16-13-14(18(3,4)5)12-15(21)17(16)24-11-10-20/h12-13,22H,8-11,20-21H2,1-7H3. The number of hydrogen-bond donors (Lipinski definition) is 3. The fourth-order valence-corrected chi connectivity index (χ4v) is 3.65. The molecule has 0 aliphatic heterocycles. The van der Waals surface area contributed by atoms with Crippen LogP contribution in [-0.4, -0.2) is 24.9 Å². The van der Waals surface area contributed by atoms with Crippen LogP contribution in [-0.2, 0) is 5.41 Å². The summed E-state index contributed by atoms with van der Waals surface area (Å²) in [6.07, 6.45) is 2.09. The molecular formula is C19H36N4S. The molecule has 5 heteroatoms. The van der Waals surface area contributed by atoms with E-state index in [1.165, 1.54) is 5.56 Å². The summed E-state index contributed by atoms with van der Waals surface area (Å²) in [5, 5.41) is 2.29. The van der Waals surface area contributed by atoms with Crippen LogP contribution in [0.3, 0.4) is 0 Å². The van der Waals surface area contributed by atoms with E-state index in [1.54, 1.807) is 11.8 Å². The van der Waals surface area contributed by atoms with Crippen LogP contribution < -0.4 is 21.9 Å². The lowest BCUT2D eigenvalue weighted by Gasteiger charge is -2.43. The van der Waals surface area contributed by atoms with Crippen molar-refractivity contribution in [3.8, 4) is 0 Å².